The molecule has 1 rings (SSSR count). The maximum Gasteiger partial charge on any atom is 0.311 e. The standard InChI is InChI=1S/C17H22Cl2O2/c1-6-8-11(3)9-12(7-2)21-16(20)15-13(10-14(18)19)17(15,4)5/h2,8,10,12-13,15H,6,9H2,1,3-5H3/b11-8+/t12-,13-,15-/m1/s1. The summed E-state index contributed by atoms with van der Waals surface area (Å²) in [6.07, 6.45) is 10.2. The lowest BCUT2D eigenvalue weighted by molar-refractivity contribution is -0.149. The van der Waals surface area contributed by atoms with Gasteiger partial charge in [0.15, 0.2) is 6.10 Å². The van der Waals surface area contributed by atoms with Gasteiger partial charge in [-0.05, 0) is 30.8 Å². The molecule has 0 bridgehead atoms. The summed E-state index contributed by atoms with van der Waals surface area (Å²) < 4.78 is 5.64. The van der Waals surface area contributed by atoms with Gasteiger partial charge in [0.25, 0.3) is 0 Å². The molecule has 21 heavy (non-hydrogen) atoms. The van der Waals surface area contributed by atoms with E-state index < -0.39 is 6.10 Å². The van der Waals surface area contributed by atoms with Crippen LogP contribution in [0, 0.1) is 29.6 Å². The van der Waals surface area contributed by atoms with Crippen molar-refractivity contribution in [2.24, 2.45) is 17.3 Å². The zero-order chi connectivity index (χ0) is 16.2. The van der Waals surface area contributed by atoms with Crippen molar-refractivity contribution in [2.45, 2.75) is 46.6 Å². The third-order valence-electron chi connectivity index (χ3n) is 3.97. The molecule has 0 aromatic rings. The van der Waals surface area contributed by atoms with Crippen LogP contribution in [-0.2, 0) is 9.53 Å². The minimum atomic E-state index is -0.521. The van der Waals surface area contributed by atoms with Gasteiger partial charge in [-0.2, -0.15) is 0 Å². The average molecular weight is 329 g/mol. The predicted octanol–water partition coefficient (Wildman–Crippen LogP) is 4.87. The largest absolute Gasteiger partial charge is 0.449 e. The van der Waals surface area contributed by atoms with E-state index in [9.17, 15) is 4.79 Å². The third kappa shape index (κ3) is 4.80. The van der Waals surface area contributed by atoms with Gasteiger partial charge in [0, 0.05) is 6.42 Å². The molecular weight excluding hydrogens is 307 g/mol. The SMILES string of the molecule is C#C[C@H](C/C(C)=C/CC)OC(=O)[C@H]1[C@@H](C=C(Cl)Cl)C1(C)C. The van der Waals surface area contributed by atoms with Gasteiger partial charge < -0.3 is 4.74 Å². The van der Waals surface area contributed by atoms with Crippen molar-refractivity contribution in [3.05, 3.63) is 22.2 Å². The minimum absolute atomic E-state index is 0.000653. The summed E-state index contributed by atoms with van der Waals surface area (Å²) in [5, 5.41) is 0. The molecule has 0 amide bonds. The van der Waals surface area contributed by atoms with Crippen molar-refractivity contribution in [1.29, 1.82) is 0 Å². The Bertz CT molecular complexity index is 493. The Morgan fingerprint density at radius 2 is 2.10 bits per heavy atom. The first-order valence-corrected chi connectivity index (χ1v) is 7.84. The quantitative estimate of drug-likeness (QED) is 0.395. The smallest absolute Gasteiger partial charge is 0.311 e. The summed E-state index contributed by atoms with van der Waals surface area (Å²) in [7, 11) is 0. The average Bonchev–Trinajstić information content (AvgIpc) is 2.89. The number of esters is 1. The van der Waals surface area contributed by atoms with Gasteiger partial charge in [0.1, 0.15) is 4.49 Å². The topological polar surface area (TPSA) is 26.3 Å². The van der Waals surface area contributed by atoms with E-state index in [1.54, 1.807) is 6.08 Å². The Morgan fingerprint density at radius 3 is 2.57 bits per heavy atom. The van der Waals surface area contributed by atoms with Gasteiger partial charge in [-0.15, -0.1) is 6.42 Å². The number of terminal acetylenes is 1. The molecule has 0 radical (unpaired) electrons. The van der Waals surface area contributed by atoms with Gasteiger partial charge in [-0.1, -0.05) is 61.5 Å². The van der Waals surface area contributed by atoms with Crippen LogP contribution in [0.3, 0.4) is 0 Å². The summed E-state index contributed by atoms with van der Waals surface area (Å²) in [6.45, 7) is 8.02. The van der Waals surface area contributed by atoms with E-state index in [4.69, 9.17) is 34.4 Å². The molecule has 2 nitrogen and oxygen atoms in total. The first kappa shape index (κ1) is 18.1. The predicted molar refractivity (Wildman–Crippen MR) is 87.9 cm³/mol. The molecule has 0 unspecified atom stereocenters. The molecule has 3 atom stereocenters. The van der Waals surface area contributed by atoms with Crippen LogP contribution in [-0.4, -0.2) is 12.1 Å². The number of rotatable bonds is 6. The van der Waals surface area contributed by atoms with E-state index >= 15 is 0 Å². The van der Waals surface area contributed by atoms with E-state index in [2.05, 4.69) is 18.9 Å². The fourth-order valence-electron chi connectivity index (χ4n) is 2.65. The lowest BCUT2D eigenvalue weighted by Gasteiger charge is -2.13. The second-order valence-corrected chi connectivity index (χ2v) is 7.04. The fourth-order valence-corrected chi connectivity index (χ4v) is 2.92. The van der Waals surface area contributed by atoms with Crippen LogP contribution < -0.4 is 0 Å². The molecule has 0 N–H and O–H groups in total. The van der Waals surface area contributed by atoms with E-state index in [-0.39, 0.29) is 27.7 Å². The van der Waals surface area contributed by atoms with Crippen LogP contribution in [0.2, 0.25) is 0 Å². The normalized spacial score (nSPS) is 24.7. The van der Waals surface area contributed by atoms with Crippen LogP contribution >= 0.6 is 23.2 Å². The minimum Gasteiger partial charge on any atom is -0.449 e. The van der Waals surface area contributed by atoms with Crippen molar-refractivity contribution in [2.75, 3.05) is 0 Å². The number of halogens is 2. The Labute approximate surface area is 137 Å². The molecule has 1 saturated carbocycles. The van der Waals surface area contributed by atoms with E-state index in [0.29, 0.717) is 6.42 Å². The summed E-state index contributed by atoms with van der Waals surface area (Å²) in [5.41, 5.74) is 0.933. The first-order valence-electron chi connectivity index (χ1n) is 7.09. The molecule has 1 fully saturated rings. The van der Waals surface area contributed by atoms with Crippen LogP contribution in [0.1, 0.15) is 40.5 Å². The Hall–Kier alpha value is -0.910. The summed E-state index contributed by atoms with van der Waals surface area (Å²) in [4.78, 5) is 12.3. The Kier molecular flexibility index (Phi) is 6.38. The molecule has 0 heterocycles. The van der Waals surface area contributed by atoms with Crippen LogP contribution in [0.4, 0.5) is 0 Å². The summed E-state index contributed by atoms with van der Waals surface area (Å²) >= 11 is 11.4. The van der Waals surface area contributed by atoms with Crippen molar-refractivity contribution in [3.63, 3.8) is 0 Å². The maximum atomic E-state index is 12.3. The zero-order valence-electron chi connectivity index (χ0n) is 13.0. The van der Waals surface area contributed by atoms with Gasteiger partial charge in [0.05, 0.1) is 5.92 Å². The molecule has 0 spiro atoms. The van der Waals surface area contributed by atoms with Gasteiger partial charge in [-0.3, -0.25) is 4.79 Å². The number of carbonyl (C=O) groups excluding carboxylic acids is 1. The van der Waals surface area contributed by atoms with Crippen LogP contribution in [0.25, 0.3) is 0 Å². The summed E-state index contributed by atoms with van der Waals surface area (Å²) in [6, 6.07) is 0. The highest BCUT2D eigenvalue weighted by molar-refractivity contribution is 6.55. The molecule has 1 aliphatic rings. The Balaban J connectivity index is 2.67. The molecular formula is C17H22Cl2O2. The van der Waals surface area contributed by atoms with Crippen molar-refractivity contribution in [3.8, 4) is 12.3 Å². The highest BCUT2D eigenvalue weighted by Crippen LogP contribution is 2.60. The molecule has 0 aliphatic heterocycles. The number of hydrogen-bond donors (Lipinski definition) is 0. The van der Waals surface area contributed by atoms with Gasteiger partial charge in [0.2, 0.25) is 0 Å². The second-order valence-electron chi connectivity index (χ2n) is 6.04. The second kappa shape index (κ2) is 7.38. The number of carbonyl (C=O) groups is 1. The maximum absolute atomic E-state index is 12.3. The summed E-state index contributed by atoms with van der Waals surface area (Å²) in [5.74, 6) is 2.02. The molecule has 1 aliphatic carbocycles. The number of allylic oxidation sites excluding steroid dienone is 2. The lowest BCUT2D eigenvalue weighted by Crippen LogP contribution is -2.20. The number of hydrogen-bond acceptors (Lipinski definition) is 2. The Morgan fingerprint density at radius 1 is 1.48 bits per heavy atom. The number of ether oxygens (including phenoxy) is 1. The van der Waals surface area contributed by atoms with Crippen molar-refractivity contribution >= 4 is 29.2 Å². The fraction of sp³-hybridized carbons (Fsp3) is 0.588. The van der Waals surface area contributed by atoms with Crippen LogP contribution in [0.15, 0.2) is 22.2 Å². The monoisotopic (exact) mass is 328 g/mol. The third-order valence-corrected chi connectivity index (χ3v) is 4.23. The van der Waals surface area contributed by atoms with Crippen molar-refractivity contribution < 1.29 is 9.53 Å². The highest BCUT2D eigenvalue weighted by Gasteiger charge is 2.61. The molecule has 116 valence electrons. The molecule has 0 aromatic heterocycles. The van der Waals surface area contributed by atoms with Crippen molar-refractivity contribution in [1.82, 2.24) is 0 Å². The van der Waals surface area contributed by atoms with Crippen LogP contribution in [0.5, 0.6) is 0 Å². The van der Waals surface area contributed by atoms with Gasteiger partial charge in [-0.25, -0.2) is 0 Å². The van der Waals surface area contributed by atoms with E-state index in [1.807, 2.05) is 20.8 Å². The van der Waals surface area contributed by atoms with E-state index in [1.165, 1.54) is 0 Å². The lowest BCUT2D eigenvalue weighted by atomic mass is 10.1. The van der Waals surface area contributed by atoms with Gasteiger partial charge >= 0.3 is 5.97 Å². The molecule has 4 heteroatoms. The zero-order valence-corrected chi connectivity index (χ0v) is 14.5. The molecule has 0 saturated heterocycles. The van der Waals surface area contributed by atoms with E-state index in [0.717, 1.165) is 12.0 Å². The molecule has 0 aromatic carbocycles. The highest BCUT2D eigenvalue weighted by atomic mass is 35.5. The first-order chi connectivity index (χ1) is 9.73.